The number of aryl methyl sites for hydroxylation is 1. The van der Waals surface area contributed by atoms with Crippen molar-refractivity contribution in [3.8, 4) is 0 Å². The van der Waals surface area contributed by atoms with Crippen molar-refractivity contribution in [2.45, 2.75) is 39.3 Å². The van der Waals surface area contributed by atoms with E-state index in [1.165, 1.54) is 5.56 Å². The van der Waals surface area contributed by atoms with Gasteiger partial charge in [0.25, 0.3) is 0 Å². The number of nitrogens with two attached hydrogens (primary N) is 1. The van der Waals surface area contributed by atoms with Crippen molar-refractivity contribution in [2.24, 2.45) is 0 Å². The van der Waals surface area contributed by atoms with Crippen LogP contribution in [0.5, 0.6) is 0 Å². The fourth-order valence-corrected chi connectivity index (χ4v) is 1.97. The highest BCUT2D eigenvalue weighted by molar-refractivity contribution is 5.79. The second kappa shape index (κ2) is 4.04. The zero-order chi connectivity index (χ0) is 12.6. The molecule has 1 aromatic heterocycles. The van der Waals surface area contributed by atoms with Gasteiger partial charge >= 0.3 is 0 Å². The standard InChI is InChI=1S/C13H19N3O/c1-4-9-5-6-11-10(7-9)15-12(14)16(11)8-13(2,3)17/h5-7,17H,4,8H2,1-3H3,(H2,14,15). The van der Waals surface area contributed by atoms with E-state index in [1.807, 2.05) is 16.7 Å². The van der Waals surface area contributed by atoms with Gasteiger partial charge in [0.1, 0.15) is 0 Å². The summed E-state index contributed by atoms with van der Waals surface area (Å²) in [4.78, 5) is 4.34. The maximum Gasteiger partial charge on any atom is 0.201 e. The summed E-state index contributed by atoms with van der Waals surface area (Å²) in [5.41, 5.74) is 8.20. The summed E-state index contributed by atoms with van der Waals surface area (Å²) in [7, 11) is 0. The van der Waals surface area contributed by atoms with Gasteiger partial charge in [-0.15, -0.1) is 0 Å². The predicted molar refractivity (Wildman–Crippen MR) is 69.8 cm³/mol. The van der Waals surface area contributed by atoms with Crippen LogP contribution in [0.1, 0.15) is 26.3 Å². The van der Waals surface area contributed by atoms with E-state index in [2.05, 4.69) is 18.0 Å². The average molecular weight is 233 g/mol. The molecule has 0 unspecified atom stereocenters. The Morgan fingerprint density at radius 2 is 2.12 bits per heavy atom. The highest BCUT2D eigenvalue weighted by Crippen LogP contribution is 2.21. The lowest BCUT2D eigenvalue weighted by Gasteiger charge is -2.19. The Hall–Kier alpha value is -1.55. The Bertz CT molecular complexity index is 537. The maximum atomic E-state index is 9.87. The van der Waals surface area contributed by atoms with E-state index in [-0.39, 0.29) is 0 Å². The molecule has 17 heavy (non-hydrogen) atoms. The zero-order valence-electron chi connectivity index (χ0n) is 10.6. The molecule has 0 saturated heterocycles. The van der Waals surface area contributed by atoms with E-state index in [0.29, 0.717) is 12.5 Å². The minimum Gasteiger partial charge on any atom is -0.389 e. The normalized spacial score (nSPS) is 12.2. The second-order valence-electron chi connectivity index (χ2n) is 5.05. The zero-order valence-corrected chi connectivity index (χ0v) is 10.6. The Kier molecular flexibility index (Phi) is 2.83. The fraction of sp³-hybridized carbons (Fsp3) is 0.462. The van der Waals surface area contributed by atoms with Gasteiger partial charge in [-0.05, 0) is 38.0 Å². The first-order chi connectivity index (χ1) is 7.90. The van der Waals surface area contributed by atoms with Crippen molar-refractivity contribution in [3.05, 3.63) is 23.8 Å². The largest absolute Gasteiger partial charge is 0.389 e. The molecule has 0 saturated carbocycles. The number of nitrogens with zero attached hydrogens (tertiary/aromatic N) is 2. The van der Waals surface area contributed by atoms with E-state index in [1.54, 1.807) is 13.8 Å². The minimum atomic E-state index is -0.800. The molecule has 2 aromatic rings. The Morgan fingerprint density at radius 3 is 2.71 bits per heavy atom. The van der Waals surface area contributed by atoms with Crippen LogP contribution in [-0.4, -0.2) is 20.3 Å². The molecule has 0 spiro atoms. The van der Waals surface area contributed by atoms with Crippen LogP contribution >= 0.6 is 0 Å². The van der Waals surface area contributed by atoms with Gasteiger partial charge in [0.15, 0.2) is 0 Å². The van der Waals surface area contributed by atoms with Crippen molar-refractivity contribution in [2.75, 3.05) is 5.73 Å². The number of hydrogen-bond donors (Lipinski definition) is 2. The average Bonchev–Trinajstić information content (AvgIpc) is 2.52. The molecule has 3 N–H and O–H groups in total. The third kappa shape index (κ3) is 2.42. The molecule has 0 bridgehead atoms. The Labute approximate surface area is 101 Å². The minimum absolute atomic E-state index is 0.445. The molecular formula is C13H19N3O. The first kappa shape index (κ1) is 11.9. The van der Waals surface area contributed by atoms with Crippen LogP contribution in [0, 0.1) is 0 Å². The van der Waals surface area contributed by atoms with Crippen LogP contribution in [0.25, 0.3) is 11.0 Å². The number of nitrogen functional groups attached to an aromatic ring is 1. The van der Waals surface area contributed by atoms with Gasteiger partial charge < -0.3 is 15.4 Å². The third-order valence-corrected chi connectivity index (χ3v) is 2.80. The van der Waals surface area contributed by atoms with Crippen molar-refractivity contribution in [1.82, 2.24) is 9.55 Å². The van der Waals surface area contributed by atoms with Gasteiger partial charge in [0.05, 0.1) is 23.2 Å². The van der Waals surface area contributed by atoms with E-state index >= 15 is 0 Å². The third-order valence-electron chi connectivity index (χ3n) is 2.80. The summed E-state index contributed by atoms with van der Waals surface area (Å²) < 4.78 is 1.86. The molecule has 92 valence electrons. The van der Waals surface area contributed by atoms with Crippen LogP contribution in [-0.2, 0) is 13.0 Å². The van der Waals surface area contributed by atoms with E-state index in [0.717, 1.165) is 17.5 Å². The molecular weight excluding hydrogens is 214 g/mol. The molecule has 1 heterocycles. The smallest absolute Gasteiger partial charge is 0.201 e. The van der Waals surface area contributed by atoms with Gasteiger partial charge in [-0.1, -0.05) is 13.0 Å². The molecule has 0 atom stereocenters. The monoisotopic (exact) mass is 233 g/mol. The van der Waals surface area contributed by atoms with Crippen molar-refractivity contribution in [1.29, 1.82) is 0 Å². The lowest BCUT2D eigenvalue weighted by Crippen LogP contribution is -2.26. The molecule has 0 radical (unpaired) electrons. The number of aromatic nitrogens is 2. The molecule has 1 aromatic carbocycles. The second-order valence-corrected chi connectivity index (χ2v) is 5.05. The van der Waals surface area contributed by atoms with Crippen LogP contribution in [0.3, 0.4) is 0 Å². The number of rotatable bonds is 3. The first-order valence-electron chi connectivity index (χ1n) is 5.88. The molecule has 4 nitrogen and oxygen atoms in total. The fourth-order valence-electron chi connectivity index (χ4n) is 1.97. The lowest BCUT2D eigenvalue weighted by molar-refractivity contribution is 0.0633. The maximum absolute atomic E-state index is 9.87. The number of hydrogen-bond acceptors (Lipinski definition) is 3. The quantitative estimate of drug-likeness (QED) is 0.851. The Balaban J connectivity index is 2.52. The van der Waals surface area contributed by atoms with Crippen LogP contribution in [0.4, 0.5) is 5.95 Å². The van der Waals surface area contributed by atoms with E-state index < -0.39 is 5.60 Å². The summed E-state index contributed by atoms with van der Waals surface area (Å²) in [6.45, 7) is 6.08. The highest BCUT2D eigenvalue weighted by Gasteiger charge is 2.17. The molecule has 0 amide bonds. The van der Waals surface area contributed by atoms with Gasteiger partial charge in [0.2, 0.25) is 5.95 Å². The first-order valence-corrected chi connectivity index (χ1v) is 5.88. The number of anilines is 1. The lowest BCUT2D eigenvalue weighted by atomic mass is 10.1. The summed E-state index contributed by atoms with van der Waals surface area (Å²) in [6.07, 6.45) is 0.980. The number of benzene rings is 1. The summed E-state index contributed by atoms with van der Waals surface area (Å²) in [5, 5.41) is 9.87. The molecule has 0 aliphatic heterocycles. The van der Waals surface area contributed by atoms with E-state index in [4.69, 9.17) is 5.73 Å². The van der Waals surface area contributed by atoms with Crippen molar-refractivity contribution < 1.29 is 5.11 Å². The van der Waals surface area contributed by atoms with Gasteiger partial charge in [-0.3, -0.25) is 0 Å². The summed E-state index contributed by atoms with van der Waals surface area (Å²) >= 11 is 0. The van der Waals surface area contributed by atoms with Gasteiger partial charge in [-0.25, -0.2) is 4.98 Å². The molecule has 4 heteroatoms. The van der Waals surface area contributed by atoms with Crippen molar-refractivity contribution >= 4 is 17.0 Å². The molecule has 0 aliphatic rings. The molecule has 0 aliphatic carbocycles. The summed E-state index contributed by atoms with van der Waals surface area (Å²) in [5.74, 6) is 0.454. The molecule has 0 fully saturated rings. The van der Waals surface area contributed by atoms with Gasteiger partial charge in [0, 0.05) is 0 Å². The SMILES string of the molecule is CCc1ccc2c(c1)nc(N)n2CC(C)(C)O. The topological polar surface area (TPSA) is 64.1 Å². The van der Waals surface area contributed by atoms with Crippen LogP contribution < -0.4 is 5.73 Å². The Morgan fingerprint density at radius 1 is 1.41 bits per heavy atom. The van der Waals surface area contributed by atoms with Crippen molar-refractivity contribution in [3.63, 3.8) is 0 Å². The summed E-state index contributed by atoms with van der Waals surface area (Å²) in [6, 6.07) is 6.14. The van der Waals surface area contributed by atoms with Crippen LogP contribution in [0.15, 0.2) is 18.2 Å². The number of aliphatic hydroxyl groups is 1. The predicted octanol–water partition coefficient (Wildman–Crippen LogP) is 1.95. The number of imidazole rings is 1. The van der Waals surface area contributed by atoms with Crippen LogP contribution in [0.2, 0.25) is 0 Å². The van der Waals surface area contributed by atoms with E-state index in [9.17, 15) is 5.11 Å². The van der Waals surface area contributed by atoms with Gasteiger partial charge in [-0.2, -0.15) is 0 Å². The molecule has 2 rings (SSSR count). The number of fused-ring (bicyclic) bond motifs is 1. The highest BCUT2D eigenvalue weighted by atomic mass is 16.3.